The second kappa shape index (κ2) is 7.66. The molecule has 0 aromatic carbocycles. The van der Waals surface area contributed by atoms with Crippen LogP contribution in [0.1, 0.15) is 51.9 Å². The number of rotatable bonds is 9. The van der Waals surface area contributed by atoms with E-state index >= 15 is 0 Å². The predicted molar refractivity (Wildman–Crippen MR) is 67.1 cm³/mol. The number of carbonyl (C=O) groups is 1. The summed E-state index contributed by atoms with van der Waals surface area (Å²) in [5.41, 5.74) is 5.43. The molecule has 0 radical (unpaired) electrons. The summed E-state index contributed by atoms with van der Waals surface area (Å²) in [7, 11) is 0. The lowest BCUT2D eigenvalue weighted by molar-refractivity contribution is -0.131. The average molecular weight is 226 g/mol. The fourth-order valence-corrected chi connectivity index (χ4v) is 1.95. The van der Waals surface area contributed by atoms with Gasteiger partial charge in [-0.1, -0.05) is 12.8 Å². The van der Waals surface area contributed by atoms with Crippen molar-refractivity contribution in [3.05, 3.63) is 0 Å². The number of unbranched alkanes of at least 4 members (excludes halogenated alkanes) is 3. The highest BCUT2D eigenvalue weighted by molar-refractivity contribution is 5.76. The summed E-state index contributed by atoms with van der Waals surface area (Å²) in [6, 6.07) is 0. The van der Waals surface area contributed by atoms with Crippen LogP contribution in [0.2, 0.25) is 0 Å². The lowest BCUT2D eigenvalue weighted by atomic mass is 10.1. The number of nitrogens with zero attached hydrogens (tertiary/aromatic N) is 1. The zero-order valence-corrected chi connectivity index (χ0v) is 10.6. The third kappa shape index (κ3) is 5.50. The molecule has 0 aromatic rings. The van der Waals surface area contributed by atoms with Crippen LogP contribution in [0.3, 0.4) is 0 Å². The van der Waals surface area contributed by atoms with Gasteiger partial charge in [-0.25, -0.2) is 0 Å². The van der Waals surface area contributed by atoms with Crippen molar-refractivity contribution in [2.75, 3.05) is 19.6 Å². The van der Waals surface area contributed by atoms with Crippen LogP contribution >= 0.6 is 0 Å². The summed E-state index contributed by atoms with van der Waals surface area (Å²) >= 11 is 0. The number of carbonyl (C=O) groups excluding carboxylic acids is 1. The van der Waals surface area contributed by atoms with Crippen LogP contribution in [0.15, 0.2) is 0 Å². The largest absolute Gasteiger partial charge is 0.343 e. The molecule has 1 amide bonds. The van der Waals surface area contributed by atoms with Crippen LogP contribution in [0.5, 0.6) is 0 Å². The van der Waals surface area contributed by atoms with Gasteiger partial charge in [-0.3, -0.25) is 4.79 Å². The highest BCUT2D eigenvalue weighted by Gasteiger charge is 2.25. The van der Waals surface area contributed by atoms with Crippen LogP contribution in [0.25, 0.3) is 0 Å². The first-order valence-electron chi connectivity index (χ1n) is 6.75. The molecular formula is C13H26N2O. The van der Waals surface area contributed by atoms with Gasteiger partial charge >= 0.3 is 0 Å². The molecule has 94 valence electrons. The summed E-state index contributed by atoms with van der Waals surface area (Å²) < 4.78 is 0. The Balaban J connectivity index is 2.06. The second-order valence-corrected chi connectivity index (χ2v) is 4.83. The van der Waals surface area contributed by atoms with E-state index in [2.05, 4.69) is 6.92 Å². The highest BCUT2D eigenvalue weighted by Crippen LogP contribution is 2.29. The van der Waals surface area contributed by atoms with Crippen molar-refractivity contribution >= 4 is 5.91 Å². The van der Waals surface area contributed by atoms with Gasteiger partial charge in [-0.05, 0) is 45.1 Å². The lowest BCUT2D eigenvalue weighted by Crippen LogP contribution is -2.32. The summed E-state index contributed by atoms with van der Waals surface area (Å²) in [6.45, 7) is 4.72. The fourth-order valence-electron chi connectivity index (χ4n) is 1.95. The first-order chi connectivity index (χ1) is 7.77. The molecule has 0 aliphatic heterocycles. The molecule has 0 aromatic heterocycles. The fraction of sp³-hybridized carbons (Fsp3) is 0.923. The van der Waals surface area contributed by atoms with E-state index in [9.17, 15) is 4.79 Å². The van der Waals surface area contributed by atoms with E-state index in [0.29, 0.717) is 5.91 Å². The lowest BCUT2D eigenvalue weighted by Gasteiger charge is -2.20. The Morgan fingerprint density at radius 3 is 2.50 bits per heavy atom. The van der Waals surface area contributed by atoms with Crippen molar-refractivity contribution in [2.24, 2.45) is 11.7 Å². The van der Waals surface area contributed by atoms with Crippen molar-refractivity contribution in [2.45, 2.75) is 51.9 Å². The molecule has 1 fully saturated rings. The van der Waals surface area contributed by atoms with Gasteiger partial charge in [0.2, 0.25) is 5.91 Å². The molecule has 0 unspecified atom stereocenters. The van der Waals surface area contributed by atoms with Crippen LogP contribution < -0.4 is 5.73 Å². The average Bonchev–Trinajstić information content (AvgIpc) is 3.09. The molecule has 0 bridgehead atoms. The van der Waals surface area contributed by atoms with E-state index in [4.69, 9.17) is 5.73 Å². The number of nitrogens with two attached hydrogens (primary N) is 1. The van der Waals surface area contributed by atoms with Crippen LogP contribution in [-0.4, -0.2) is 30.4 Å². The van der Waals surface area contributed by atoms with E-state index in [0.717, 1.165) is 51.2 Å². The van der Waals surface area contributed by atoms with Gasteiger partial charge in [0, 0.05) is 19.5 Å². The van der Waals surface area contributed by atoms with Gasteiger partial charge in [-0.2, -0.15) is 0 Å². The normalized spacial score (nSPS) is 15.1. The van der Waals surface area contributed by atoms with E-state index < -0.39 is 0 Å². The van der Waals surface area contributed by atoms with E-state index in [1.807, 2.05) is 4.90 Å². The molecule has 0 saturated heterocycles. The monoisotopic (exact) mass is 226 g/mol. The second-order valence-electron chi connectivity index (χ2n) is 4.83. The Kier molecular flexibility index (Phi) is 6.46. The smallest absolute Gasteiger partial charge is 0.222 e. The van der Waals surface area contributed by atoms with Crippen LogP contribution in [0.4, 0.5) is 0 Å². The molecule has 3 heteroatoms. The molecule has 1 aliphatic carbocycles. The first-order valence-corrected chi connectivity index (χ1v) is 6.75. The summed E-state index contributed by atoms with van der Waals surface area (Å²) in [5, 5.41) is 0. The molecular weight excluding hydrogens is 200 g/mol. The third-order valence-corrected chi connectivity index (χ3v) is 3.25. The third-order valence-electron chi connectivity index (χ3n) is 3.25. The van der Waals surface area contributed by atoms with Gasteiger partial charge in [0.1, 0.15) is 0 Å². The Morgan fingerprint density at radius 1 is 1.25 bits per heavy atom. The molecule has 2 N–H and O–H groups in total. The molecule has 1 aliphatic rings. The molecule has 1 rings (SSSR count). The van der Waals surface area contributed by atoms with E-state index in [-0.39, 0.29) is 0 Å². The van der Waals surface area contributed by atoms with Gasteiger partial charge < -0.3 is 10.6 Å². The van der Waals surface area contributed by atoms with Crippen molar-refractivity contribution in [1.82, 2.24) is 4.90 Å². The van der Waals surface area contributed by atoms with E-state index in [1.54, 1.807) is 0 Å². The molecule has 16 heavy (non-hydrogen) atoms. The first kappa shape index (κ1) is 13.5. The van der Waals surface area contributed by atoms with Gasteiger partial charge in [0.05, 0.1) is 0 Å². The maximum absolute atomic E-state index is 11.9. The molecule has 0 heterocycles. The van der Waals surface area contributed by atoms with Crippen LogP contribution in [-0.2, 0) is 4.79 Å². The number of amides is 1. The van der Waals surface area contributed by atoms with Gasteiger partial charge in [0.25, 0.3) is 0 Å². The topological polar surface area (TPSA) is 46.3 Å². The summed E-state index contributed by atoms with van der Waals surface area (Å²) in [6.07, 6.45) is 7.79. The molecule has 1 saturated carbocycles. The Hall–Kier alpha value is -0.570. The standard InChI is InChI=1S/C13H26N2O/c1-2-15(11-12-8-9-12)13(16)7-5-3-4-6-10-14/h12H,2-11,14H2,1H3. The van der Waals surface area contributed by atoms with Crippen molar-refractivity contribution in [3.63, 3.8) is 0 Å². The Morgan fingerprint density at radius 2 is 1.94 bits per heavy atom. The van der Waals surface area contributed by atoms with Gasteiger partial charge in [0.15, 0.2) is 0 Å². The number of hydrogen-bond acceptors (Lipinski definition) is 2. The predicted octanol–water partition coefficient (Wildman–Crippen LogP) is 2.15. The van der Waals surface area contributed by atoms with E-state index in [1.165, 1.54) is 19.3 Å². The zero-order valence-electron chi connectivity index (χ0n) is 10.6. The van der Waals surface area contributed by atoms with Crippen molar-refractivity contribution < 1.29 is 4.79 Å². The molecule has 3 nitrogen and oxygen atoms in total. The van der Waals surface area contributed by atoms with Crippen molar-refractivity contribution in [3.8, 4) is 0 Å². The molecule has 0 atom stereocenters. The number of hydrogen-bond donors (Lipinski definition) is 1. The summed E-state index contributed by atoms with van der Waals surface area (Å²) in [5.74, 6) is 1.16. The minimum absolute atomic E-state index is 0.349. The SMILES string of the molecule is CCN(CC1CC1)C(=O)CCCCCCN. The van der Waals surface area contributed by atoms with Crippen molar-refractivity contribution in [1.29, 1.82) is 0 Å². The maximum atomic E-state index is 11.9. The highest BCUT2D eigenvalue weighted by atomic mass is 16.2. The zero-order chi connectivity index (χ0) is 11.8. The molecule has 0 spiro atoms. The minimum Gasteiger partial charge on any atom is -0.343 e. The minimum atomic E-state index is 0.349. The maximum Gasteiger partial charge on any atom is 0.222 e. The van der Waals surface area contributed by atoms with Gasteiger partial charge in [-0.15, -0.1) is 0 Å². The summed E-state index contributed by atoms with van der Waals surface area (Å²) in [4.78, 5) is 13.9. The Bertz CT molecular complexity index is 202. The van der Waals surface area contributed by atoms with Crippen LogP contribution in [0, 0.1) is 5.92 Å². The Labute approximate surface area is 99.4 Å². The quantitative estimate of drug-likeness (QED) is 0.612.